The van der Waals surface area contributed by atoms with Gasteiger partial charge in [-0.15, -0.1) is 0 Å². The lowest BCUT2D eigenvalue weighted by molar-refractivity contribution is -0.119. The molecule has 0 radical (unpaired) electrons. The molecule has 1 saturated carbocycles. The van der Waals surface area contributed by atoms with Crippen LogP contribution >= 0.6 is 0 Å². The maximum Gasteiger partial charge on any atom is 0.253 e. The molecule has 146 valence electrons. The van der Waals surface area contributed by atoms with Gasteiger partial charge in [-0.1, -0.05) is 18.2 Å². The number of benzene rings is 1. The Morgan fingerprint density at radius 2 is 1.93 bits per heavy atom. The summed E-state index contributed by atoms with van der Waals surface area (Å²) < 4.78 is 0. The van der Waals surface area contributed by atoms with Gasteiger partial charge in [0, 0.05) is 55.7 Å². The Hall–Kier alpha value is -2.73. The van der Waals surface area contributed by atoms with E-state index in [0.717, 1.165) is 29.7 Å². The molecule has 2 bridgehead atoms. The van der Waals surface area contributed by atoms with Crippen molar-refractivity contribution in [2.24, 2.45) is 11.8 Å². The normalized spacial score (nSPS) is 23.5. The van der Waals surface area contributed by atoms with Crippen molar-refractivity contribution in [1.82, 2.24) is 15.2 Å². The Morgan fingerprint density at radius 3 is 2.57 bits per heavy atom. The molecule has 2 aromatic rings. The van der Waals surface area contributed by atoms with Gasteiger partial charge in [-0.25, -0.2) is 0 Å². The summed E-state index contributed by atoms with van der Waals surface area (Å²) in [5.41, 5.74) is 3.25. The maximum absolute atomic E-state index is 13.0. The summed E-state index contributed by atoms with van der Waals surface area (Å²) in [7, 11) is 0. The molecule has 4 rings (SSSR count). The largest absolute Gasteiger partial charge is 0.392 e. The highest BCUT2D eigenvalue weighted by Crippen LogP contribution is 2.37. The van der Waals surface area contributed by atoms with Crippen LogP contribution < -0.4 is 5.32 Å². The second kappa shape index (κ2) is 7.72. The van der Waals surface area contributed by atoms with Crippen molar-refractivity contribution in [3.63, 3.8) is 0 Å². The molecule has 6 nitrogen and oxygen atoms in total. The molecule has 2 amide bonds. The molecule has 1 aliphatic carbocycles. The first-order valence-electron chi connectivity index (χ1n) is 9.78. The zero-order valence-corrected chi connectivity index (χ0v) is 16.0. The van der Waals surface area contributed by atoms with Crippen molar-refractivity contribution in [2.75, 3.05) is 13.1 Å². The van der Waals surface area contributed by atoms with E-state index in [-0.39, 0.29) is 29.8 Å². The van der Waals surface area contributed by atoms with Gasteiger partial charge in [-0.2, -0.15) is 0 Å². The number of carbonyl (C=O) groups is 2. The van der Waals surface area contributed by atoms with Crippen LogP contribution in [0.3, 0.4) is 0 Å². The van der Waals surface area contributed by atoms with Gasteiger partial charge >= 0.3 is 0 Å². The third-order valence-corrected chi connectivity index (χ3v) is 5.84. The summed E-state index contributed by atoms with van der Waals surface area (Å²) in [5.74, 6) is 0.370. The number of rotatable bonds is 4. The van der Waals surface area contributed by atoms with Crippen LogP contribution in [0.4, 0.5) is 0 Å². The Kier molecular flexibility index (Phi) is 5.13. The quantitative estimate of drug-likeness (QED) is 0.853. The molecular weight excluding hydrogens is 354 g/mol. The third-order valence-electron chi connectivity index (χ3n) is 5.84. The minimum absolute atomic E-state index is 0.0212. The van der Waals surface area contributed by atoms with E-state index >= 15 is 0 Å². The first-order chi connectivity index (χ1) is 13.5. The number of carbonyl (C=O) groups excluding carboxylic acids is 2. The molecule has 1 unspecified atom stereocenters. The smallest absolute Gasteiger partial charge is 0.253 e. The summed E-state index contributed by atoms with van der Waals surface area (Å²) in [6.45, 7) is 3.21. The van der Waals surface area contributed by atoms with Crippen molar-refractivity contribution < 1.29 is 14.7 Å². The number of aromatic nitrogens is 1. The van der Waals surface area contributed by atoms with E-state index in [1.54, 1.807) is 6.20 Å². The fourth-order valence-corrected chi connectivity index (χ4v) is 4.28. The van der Waals surface area contributed by atoms with E-state index in [2.05, 4.69) is 10.3 Å². The molecule has 1 aliphatic heterocycles. The van der Waals surface area contributed by atoms with Crippen LogP contribution in [0.25, 0.3) is 11.3 Å². The SMILES string of the molecule is CC(=O)NCc1ccc(-c2cccc(C(=O)N3C[C@H]4CC[C@@H](C3)C4O)c2)nc1. The minimum atomic E-state index is -0.254. The van der Waals surface area contributed by atoms with Gasteiger partial charge in [0.25, 0.3) is 5.91 Å². The second-order valence-corrected chi connectivity index (χ2v) is 7.84. The van der Waals surface area contributed by atoms with E-state index < -0.39 is 0 Å². The molecule has 1 aromatic heterocycles. The summed E-state index contributed by atoms with van der Waals surface area (Å²) in [6.07, 6.45) is 3.49. The number of piperidine rings is 1. The Balaban J connectivity index is 1.48. The van der Waals surface area contributed by atoms with Crippen molar-refractivity contribution in [1.29, 1.82) is 0 Å². The van der Waals surface area contributed by atoms with E-state index in [0.29, 0.717) is 25.2 Å². The average Bonchev–Trinajstić information content (AvgIpc) is 2.92. The number of aliphatic hydroxyl groups excluding tert-OH is 1. The van der Waals surface area contributed by atoms with E-state index in [1.165, 1.54) is 6.92 Å². The van der Waals surface area contributed by atoms with Crippen LogP contribution in [0.5, 0.6) is 0 Å². The predicted molar refractivity (Wildman–Crippen MR) is 105 cm³/mol. The Labute approximate surface area is 164 Å². The fraction of sp³-hybridized carbons (Fsp3) is 0.409. The molecule has 2 heterocycles. The molecule has 2 N–H and O–H groups in total. The molecule has 2 aliphatic rings. The van der Waals surface area contributed by atoms with Gasteiger partial charge in [0.2, 0.25) is 5.91 Å². The lowest BCUT2D eigenvalue weighted by Gasteiger charge is -2.35. The van der Waals surface area contributed by atoms with Crippen LogP contribution in [-0.2, 0) is 11.3 Å². The monoisotopic (exact) mass is 379 g/mol. The molecule has 6 heteroatoms. The van der Waals surface area contributed by atoms with Crippen LogP contribution in [-0.4, -0.2) is 46.0 Å². The maximum atomic E-state index is 13.0. The van der Waals surface area contributed by atoms with E-state index in [4.69, 9.17) is 0 Å². The topological polar surface area (TPSA) is 82.5 Å². The van der Waals surface area contributed by atoms with Crippen molar-refractivity contribution in [3.05, 3.63) is 53.7 Å². The van der Waals surface area contributed by atoms with Gasteiger partial charge in [0.05, 0.1) is 11.8 Å². The van der Waals surface area contributed by atoms with Gasteiger partial charge in [0.15, 0.2) is 0 Å². The second-order valence-electron chi connectivity index (χ2n) is 7.84. The summed E-state index contributed by atoms with van der Waals surface area (Å²) in [6, 6.07) is 11.4. The first-order valence-corrected chi connectivity index (χ1v) is 9.78. The molecule has 3 atom stereocenters. The van der Waals surface area contributed by atoms with Gasteiger partial charge in [-0.3, -0.25) is 14.6 Å². The summed E-state index contributed by atoms with van der Waals surface area (Å²) >= 11 is 0. The first kappa shape index (κ1) is 18.6. The summed E-state index contributed by atoms with van der Waals surface area (Å²) in [5, 5.41) is 12.9. The predicted octanol–water partition coefficient (Wildman–Crippen LogP) is 2.23. The number of hydrogen-bond acceptors (Lipinski definition) is 4. The van der Waals surface area contributed by atoms with Crippen LogP contribution in [0, 0.1) is 11.8 Å². The number of likely N-dealkylation sites (tertiary alicyclic amines) is 1. The van der Waals surface area contributed by atoms with Crippen LogP contribution in [0.15, 0.2) is 42.6 Å². The third kappa shape index (κ3) is 3.78. The van der Waals surface area contributed by atoms with E-state index in [1.807, 2.05) is 41.3 Å². The zero-order chi connectivity index (χ0) is 19.7. The Bertz CT molecular complexity index is 867. The number of pyridine rings is 1. The highest BCUT2D eigenvalue weighted by atomic mass is 16.3. The van der Waals surface area contributed by atoms with Crippen molar-refractivity contribution in [2.45, 2.75) is 32.4 Å². The molecular formula is C22H25N3O3. The number of fused-ring (bicyclic) bond motifs is 2. The van der Waals surface area contributed by atoms with Crippen LogP contribution in [0.2, 0.25) is 0 Å². The van der Waals surface area contributed by atoms with Crippen molar-refractivity contribution >= 4 is 11.8 Å². The van der Waals surface area contributed by atoms with E-state index in [9.17, 15) is 14.7 Å². The van der Waals surface area contributed by atoms with Gasteiger partial charge in [0.1, 0.15) is 0 Å². The highest BCUT2D eigenvalue weighted by Gasteiger charge is 2.42. The molecule has 2 fully saturated rings. The molecule has 1 saturated heterocycles. The minimum Gasteiger partial charge on any atom is -0.392 e. The number of hydrogen-bond donors (Lipinski definition) is 2. The lowest BCUT2D eigenvalue weighted by atomic mass is 9.94. The summed E-state index contributed by atoms with van der Waals surface area (Å²) in [4.78, 5) is 30.4. The Morgan fingerprint density at radius 1 is 1.18 bits per heavy atom. The van der Waals surface area contributed by atoms with Crippen molar-refractivity contribution in [3.8, 4) is 11.3 Å². The molecule has 1 aromatic carbocycles. The lowest BCUT2D eigenvalue weighted by Crippen LogP contribution is -2.47. The molecule has 0 spiro atoms. The highest BCUT2D eigenvalue weighted by molar-refractivity contribution is 5.95. The van der Waals surface area contributed by atoms with Gasteiger partial charge in [-0.05, 0) is 36.6 Å². The number of nitrogens with one attached hydrogen (secondary N) is 1. The van der Waals surface area contributed by atoms with Crippen LogP contribution in [0.1, 0.15) is 35.7 Å². The molecule has 28 heavy (non-hydrogen) atoms. The zero-order valence-electron chi connectivity index (χ0n) is 16.0. The number of nitrogens with zero attached hydrogens (tertiary/aromatic N) is 2. The average molecular weight is 379 g/mol. The number of aliphatic hydroxyl groups is 1. The number of amides is 2. The standard InChI is InChI=1S/C22H25N3O3/c1-14(26)23-10-15-5-8-20(24-11-15)16-3-2-4-17(9-16)22(28)25-12-18-6-7-19(13-25)21(18)27/h2-5,8-9,11,18-19,21,27H,6-7,10,12-13H2,1H3,(H,23,26)/t18-,19+,21?. The fourth-order valence-electron chi connectivity index (χ4n) is 4.28. The van der Waals surface area contributed by atoms with Gasteiger partial charge < -0.3 is 15.3 Å².